The van der Waals surface area contributed by atoms with Gasteiger partial charge in [0.05, 0.1) is 6.61 Å². The van der Waals surface area contributed by atoms with Crippen molar-refractivity contribution in [2.45, 2.75) is 72.3 Å². The number of carbonyl (C=O) groups excluding carboxylic acids is 1. The third-order valence-corrected chi connectivity index (χ3v) is 4.41. The van der Waals surface area contributed by atoms with Crippen LogP contribution in [0.2, 0.25) is 0 Å². The zero-order chi connectivity index (χ0) is 17.5. The Morgan fingerprint density at radius 3 is 2.52 bits per heavy atom. The fourth-order valence-corrected chi connectivity index (χ4v) is 3.90. The van der Waals surface area contributed by atoms with E-state index in [0.29, 0.717) is 13.2 Å². The number of hydrogen-bond acceptors (Lipinski definition) is 3. The molecule has 1 rings (SSSR count). The second-order valence-corrected chi connectivity index (χ2v) is 7.90. The van der Waals surface area contributed by atoms with Crippen molar-refractivity contribution in [1.29, 1.82) is 0 Å². The SMILES string of the molecule is CCCCCOC(=O)NCC1(C)CC(NC(=O)O)CC(C)(C)C1. The Balaban J connectivity index is 2.48. The summed E-state index contributed by atoms with van der Waals surface area (Å²) in [4.78, 5) is 22.7. The molecule has 1 fully saturated rings. The Labute approximate surface area is 139 Å². The highest BCUT2D eigenvalue weighted by molar-refractivity contribution is 5.67. The molecular weight excluding hydrogens is 296 g/mol. The molecule has 2 atom stereocenters. The lowest BCUT2D eigenvalue weighted by Gasteiger charge is -2.46. The lowest BCUT2D eigenvalue weighted by atomic mass is 9.62. The van der Waals surface area contributed by atoms with Crippen LogP contribution in [0.4, 0.5) is 9.59 Å². The monoisotopic (exact) mass is 328 g/mol. The minimum atomic E-state index is -0.988. The zero-order valence-corrected chi connectivity index (χ0v) is 14.9. The summed E-state index contributed by atoms with van der Waals surface area (Å²) >= 11 is 0. The Hall–Kier alpha value is -1.46. The minimum absolute atomic E-state index is 0.0346. The Bertz CT molecular complexity index is 411. The average molecular weight is 328 g/mol. The van der Waals surface area contributed by atoms with Crippen molar-refractivity contribution >= 4 is 12.2 Å². The van der Waals surface area contributed by atoms with E-state index >= 15 is 0 Å². The average Bonchev–Trinajstić information content (AvgIpc) is 2.38. The molecule has 1 saturated carbocycles. The molecule has 6 heteroatoms. The van der Waals surface area contributed by atoms with Gasteiger partial charge >= 0.3 is 12.2 Å². The standard InChI is InChI=1S/C17H32N2O4/c1-5-6-7-8-23-15(22)18-12-17(4)10-13(19-14(20)21)9-16(2,3)11-17/h13,19H,5-12H2,1-4H3,(H,18,22)(H,20,21). The molecule has 0 saturated heterocycles. The van der Waals surface area contributed by atoms with Gasteiger partial charge in [0, 0.05) is 12.6 Å². The Morgan fingerprint density at radius 2 is 1.91 bits per heavy atom. The van der Waals surface area contributed by atoms with Crippen LogP contribution in [0.1, 0.15) is 66.2 Å². The summed E-state index contributed by atoms with van der Waals surface area (Å²) in [6.07, 6.45) is 4.14. The van der Waals surface area contributed by atoms with E-state index in [0.717, 1.165) is 38.5 Å². The number of rotatable bonds is 7. The summed E-state index contributed by atoms with van der Waals surface area (Å²) in [6.45, 7) is 9.44. The maximum atomic E-state index is 11.8. The van der Waals surface area contributed by atoms with E-state index in [4.69, 9.17) is 9.84 Å². The van der Waals surface area contributed by atoms with Crippen LogP contribution in [0.5, 0.6) is 0 Å². The third kappa shape index (κ3) is 7.57. The third-order valence-electron chi connectivity index (χ3n) is 4.41. The van der Waals surface area contributed by atoms with Crippen molar-refractivity contribution in [2.24, 2.45) is 10.8 Å². The van der Waals surface area contributed by atoms with Crippen LogP contribution < -0.4 is 10.6 Å². The van der Waals surface area contributed by atoms with Gasteiger partial charge in [-0.15, -0.1) is 0 Å². The molecule has 6 nitrogen and oxygen atoms in total. The molecule has 3 N–H and O–H groups in total. The lowest BCUT2D eigenvalue weighted by Crippen LogP contribution is -2.50. The van der Waals surface area contributed by atoms with E-state index < -0.39 is 6.09 Å². The van der Waals surface area contributed by atoms with Crippen LogP contribution in [0, 0.1) is 10.8 Å². The van der Waals surface area contributed by atoms with Gasteiger partial charge in [0.1, 0.15) is 0 Å². The molecule has 23 heavy (non-hydrogen) atoms. The van der Waals surface area contributed by atoms with Gasteiger partial charge in [0.2, 0.25) is 0 Å². The number of hydrogen-bond donors (Lipinski definition) is 3. The summed E-state index contributed by atoms with van der Waals surface area (Å²) < 4.78 is 5.16. The number of nitrogens with one attached hydrogen (secondary N) is 2. The predicted octanol–water partition coefficient (Wildman–Crippen LogP) is 3.76. The second kappa shape index (κ2) is 8.41. The first-order chi connectivity index (χ1) is 10.7. The number of amides is 2. The van der Waals surface area contributed by atoms with Crippen molar-refractivity contribution in [1.82, 2.24) is 10.6 Å². The smallest absolute Gasteiger partial charge is 0.407 e. The van der Waals surface area contributed by atoms with Crippen molar-refractivity contribution < 1.29 is 19.4 Å². The molecule has 0 aromatic heterocycles. The molecule has 0 radical (unpaired) electrons. The molecule has 0 heterocycles. The maximum Gasteiger partial charge on any atom is 0.407 e. The highest BCUT2D eigenvalue weighted by atomic mass is 16.5. The van der Waals surface area contributed by atoms with Crippen molar-refractivity contribution in [3.8, 4) is 0 Å². The quantitative estimate of drug-likeness (QED) is 0.621. The molecule has 2 unspecified atom stereocenters. The van der Waals surface area contributed by atoms with Crippen molar-refractivity contribution in [3.63, 3.8) is 0 Å². The summed E-state index contributed by atoms with van der Waals surface area (Å²) in [5.74, 6) is 0. The molecule has 0 aromatic rings. The topological polar surface area (TPSA) is 87.7 Å². The largest absolute Gasteiger partial charge is 0.465 e. The van der Waals surface area contributed by atoms with E-state index in [1.165, 1.54) is 0 Å². The lowest BCUT2D eigenvalue weighted by molar-refractivity contribution is 0.0663. The molecule has 1 aliphatic carbocycles. The number of alkyl carbamates (subject to hydrolysis) is 1. The fraction of sp³-hybridized carbons (Fsp3) is 0.882. The summed E-state index contributed by atoms with van der Waals surface area (Å²) in [7, 11) is 0. The van der Waals surface area contributed by atoms with Gasteiger partial charge in [-0.05, 0) is 36.5 Å². The predicted molar refractivity (Wildman–Crippen MR) is 89.6 cm³/mol. The van der Waals surface area contributed by atoms with Crippen molar-refractivity contribution in [2.75, 3.05) is 13.2 Å². The van der Waals surface area contributed by atoms with Crippen LogP contribution in [0.15, 0.2) is 0 Å². The van der Waals surface area contributed by atoms with Crippen LogP contribution in [-0.4, -0.2) is 36.5 Å². The van der Waals surface area contributed by atoms with E-state index in [1.807, 2.05) is 0 Å². The van der Waals surface area contributed by atoms with Crippen LogP contribution in [0.3, 0.4) is 0 Å². The highest BCUT2D eigenvalue weighted by Crippen LogP contribution is 2.45. The van der Waals surface area contributed by atoms with Gasteiger partial charge in [-0.2, -0.15) is 0 Å². The molecule has 1 aliphatic rings. The second-order valence-electron chi connectivity index (χ2n) is 7.90. The van der Waals surface area contributed by atoms with Gasteiger partial charge in [0.25, 0.3) is 0 Å². The summed E-state index contributed by atoms with van der Waals surface area (Å²) in [6, 6.07) is -0.0800. The summed E-state index contributed by atoms with van der Waals surface area (Å²) in [5.41, 5.74) is -0.107. The van der Waals surface area contributed by atoms with Gasteiger partial charge in [0.15, 0.2) is 0 Å². The first kappa shape index (κ1) is 19.6. The van der Waals surface area contributed by atoms with Gasteiger partial charge in [-0.25, -0.2) is 9.59 Å². The molecule has 2 amide bonds. The Morgan fingerprint density at radius 1 is 1.22 bits per heavy atom. The molecule has 0 bridgehead atoms. The van der Waals surface area contributed by atoms with Gasteiger partial charge < -0.3 is 20.5 Å². The van der Waals surface area contributed by atoms with Gasteiger partial charge in [-0.3, -0.25) is 0 Å². The van der Waals surface area contributed by atoms with E-state index in [9.17, 15) is 9.59 Å². The van der Waals surface area contributed by atoms with E-state index in [2.05, 4.69) is 38.3 Å². The van der Waals surface area contributed by atoms with Gasteiger partial charge in [-0.1, -0.05) is 40.5 Å². The highest BCUT2D eigenvalue weighted by Gasteiger charge is 2.41. The Kier molecular flexibility index (Phi) is 7.16. The molecule has 0 aromatic carbocycles. The number of carboxylic acid groups (broad SMARTS) is 1. The van der Waals surface area contributed by atoms with Crippen LogP contribution >= 0.6 is 0 Å². The first-order valence-corrected chi connectivity index (χ1v) is 8.56. The molecular formula is C17H32N2O4. The zero-order valence-electron chi connectivity index (χ0n) is 14.9. The first-order valence-electron chi connectivity index (χ1n) is 8.56. The summed E-state index contributed by atoms with van der Waals surface area (Å²) in [5, 5.41) is 14.4. The fourth-order valence-electron chi connectivity index (χ4n) is 3.90. The van der Waals surface area contributed by atoms with Crippen LogP contribution in [0.25, 0.3) is 0 Å². The molecule has 0 spiro atoms. The van der Waals surface area contributed by atoms with E-state index in [1.54, 1.807) is 0 Å². The maximum absolute atomic E-state index is 11.8. The minimum Gasteiger partial charge on any atom is -0.465 e. The number of unbranched alkanes of at least 4 members (excludes halogenated alkanes) is 2. The van der Waals surface area contributed by atoms with Crippen LogP contribution in [-0.2, 0) is 4.74 Å². The molecule has 0 aliphatic heterocycles. The van der Waals surface area contributed by atoms with Crippen molar-refractivity contribution in [3.05, 3.63) is 0 Å². The molecule has 134 valence electrons. The number of ether oxygens (including phenoxy) is 1. The van der Waals surface area contributed by atoms with E-state index in [-0.39, 0.29) is 23.0 Å². The number of carbonyl (C=O) groups is 2. The normalized spacial score (nSPS) is 26.3.